The monoisotopic (exact) mass is 353 g/mol. The van der Waals surface area contributed by atoms with Gasteiger partial charge in [-0.2, -0.15) is 0 Å². The molecular formula is C18H28ClN3O2. The van der Waals surface area contributed by atoms with Crippen molar-refractivity contribution >= 4 is 17.3 Å². The number of β-amino-alcohol motifs (C(OH)–C–C–N with tert-alkyl or cyclic N) is 1. The molecule has 0 amide bonds. The van der Waals surface area contributed by atoms with E-state index in [-0.39, 0.29) is 6.10 Å². The van der Waals surface area contributed by atoms with Crippen molar-refractivity contribution in [1.29, 1.82) is 0 Å². The zero-order valence-corrected chi connectivity index (χ0v) is 15.0. The smallest absolute Gasteiger partial charge is 0.0900 e. The number of anilines is 1. The van der Waals surface area contributed by atoms with Crippen LogP contribution in [-0.4, -0.2) is 86.6 Å². The van der Waals surface area contributed by atoms with Gasteiger partial charge >= 0.3 is 0 Å². The molecule has 24 heavy (non-hydrogen) atoms. The molecular weight excluding hydrogens is 326 g/mol. The molecule has 2 aliphatic rings. The summed E-state index contributed by atoms with van der Waals surface area (Å²) in [7, 11) is 0. The van der Waals surface area contributed by atoms with Gasteiger partial charge in [-0.1, -0.05) is 17.7 Å². The summed E-state index contributed by atoms with van der Waals surface area (Å²) in [4.78, 5) is 7.26. The van der Waals surface area contributed by atoms with Gasteiger partial charge in [-0.3, -0.25) is 9.80 Å². The van der Waals surface area contributed by atoms with Gasteiger partial charge in [0.1, 0.15) is 0 Å². The summed E-state index contributed by atoms with van der Waals surface area (Å²) in [5.41, 5.74) is 1.22. The summed E-state index contributed by atoms with van der Waals surface area (Å²) >= 11 is 6.09. The van der Waals surface area contributed by atoms with Crippen LogP contribution in [-0.2, 0) is 4.74 Å². The van der Waals surface area contributed by atoms with Gasteiger partial charge in [-0.15, -0.1) is 0 Å². The van der Waals surface area contributed by atoms with E-state index in [1.165, 1.54) is 5.69 Å². The summed E-state index contributed by atoms with van der Waals surface area (Å²) in [6.45, 7) is 9.33. The van der Waals surface area contributed by atoms with Gasteiger partial charge in [0, 0.05) is 50.0 Å². The molecule has 6 heteroatoms. The fourth-order valence-electron chi connectivity index (χ4n) is 3.48. The number of hydrogen-bond donors (Lipinski definition) is 1. The number of ether oxygens (including phenoxy) is 1. The number of aliphatic hydroxyl groups is 1. The Hall–Kier alpha value is -0.850. The van der Waals surface area contributed by atoms with Gasteiger partial charge in [-0.05, 0) is 37.7 Å². The van der Waals surface area contributed by atoms with Crippen LogP contribution in [0.4, 0.5) is 5.69 Å². The molecule has 1 aromatic rings. The number of aliphatic hydroxyl groups excluding tert-OH is 1. The fraction of sp³-hybridized carbons (Fsp3) is 0.667. The number of benzene rings is 1. The first-order valence-electron chi connectivity index (χ1n) is 8.92. The first-order chi connectivity index (χ1) is 11.7. The maximum atomic E-state index is 9.77. The molecule has 2 heterocycles. The SMILES string of the molecule is OC1COCCN(CCCN2CCN(c3cccc(Cl)c3)CC2)C1. The van der Waals surface area contributed by atoms with Crippen molar-refractivity contribution in [2.45, 2.75) is 12.5 Å². The van der Waals surface area contributed by atoms with Crippen molar-refractivity contribution in [2.24, 2.45) is 0 Å². The highest BCUT2D eigenvalue weighted by Gasteiger charge is 2.19. The van der Waals surface area contributed by atoms with Crippen molar-refractivity contribution < 1.29 is 9.84 Å². The molecule has 0 radical (unpaired) electrons. The van der Waals surface area contributed by atoms with Crippen LogP contribution >= 0.6 is 11.6 Å². The molecule has 0 aromatic heterocycles. The molecule has 3 rings (SSSR count). The summed E-state index contributed by atoms with van der Waals surface area (Å²) in [5, 5.41) is 10.6. The molecule has 5 nitrogen and oxygen atoms in total. The van der Waals surface area contributed by atoms with Crippen LogP contribution in [0.3, 0.4) is 0 Å². The van der Waals surface area contributed by atoms with E-state index in [0.717, 1.165) is 70.4 Å². The Labute approximate surface area is 149 Å². The third-order valence-corrected chi connectivity index (χ3v) is 5.06. The number of halogens is 1. The molecule has 0 spiro atoms. The van der Waals surface area contributed by atoms with Crippen LogP contribution in [0.1, 0.15) is 6.42 Å². The molecule has 2 saturated heterocycles. The van der Waals surface area contributed by atoms with Crippen LogP contribution in [0.5, 0.6) is 0 Å². The molecule has 0 saturated carbocycles. The van der Waals surface area contributed by atoms with Gasteiger partial charge in [0.2, 0.25) is 0 Å². The zero-order valence-electron chi connectivity index (χ0n) is 14.2. The number of rotatable bonds is 5. The lowest BCUT2D eigenvalue weighted by molar-refractivity contribution is 0.0563. The van der Waals surface area contributed by atoms with Crippen molar-refractivity contribution in [2.75, 3.05) is 70.5 Å². The van der Waals surface area contributed by atoms with E-state index in [9.17, 15) is 5.11 Å². The Kier molecular flexibility index (Phi) is 6.75. The van der Waals surface area contributed by atoms with Crippen LogP contribution in [0, 0.1) is 0 Å². The second kappa shape index (κ2) is 9.02. The lowest BCUT2D eigenvalue weighted by Gasteiger charge is -2.36. The second-order valence-electron chi connectivity index (χ2n) is 6.69. The minimum absolute atomic E-state index is 0.339. The molecule has 2 fully saturated rings. The summed E-state index contributed by atoms with van der Waals surface area (Å²) < 4.78 is 5.38. The highest BCUT2D eigenvalue weighted by Crippen LogP contribution is 2.20. The maximum absolute atomic E-state index is 9.77. The highest BCUT2D eigenvalue weighted by atomic mass is 35.5. The third kappa shape index (κ3) is 5.33. The molecule has 1 N–H and O–H groups in total. The van der Waals surface area contributed by atoms with Crippen molar-refractivity contribution in [1.82, 2.24) is 9.80 Å². The van der Waals surface area contributed by atoms with E-state index in [0.29, 0.717) is 6.61 Å². The summed E-state index contributed by atoms with van der Waals surface area (Å²) in [5.74, 6) is 0. The van der Waals surface area contributed by atoms with Gasteiger partial charge < -0.3 is 14.7 Å². The van der Waals surface area contributed by atoms with Gasteiger partial charge in [0.25, 0.3) is 0 Å². The molecule has 134 valence electrons. The van der Waals surface area contributed by atoms with E-state index in [1.54, 1.807) is 0 Å². The van der Waals surface area contributed by atoms with Gasteiger partial charge in [0.15, 0.2) is 0 Å². The lowest BCUT2D eigenvalue weighted by Crippen LogP contribution is -2.47. The Morgan fingerprint density at radius 2 is 1.88 bits per heavy atom. The first-order valence-corrected chi connectivity index (χ1v) is 9.29. The van der Waals surface area contributed by atoms with Crippen LogP contribution in [0.15, 0.2) is 24.3 Å². The van der Waals surface area contributed by atoms with E-state index >= 15 is 0 Å². The van der Waals surface area contributed by atoms with Crippen LogP contribution in [0.25, 0.3) is 0 Å². The van der Waals surface area contributed by atoms with E-state index in [2.05, 4.69) is 20.8 Å². The van der Waals surface area contributed by atoms with Crippen molar-refractivity contribution in [3.8, 4) is 0 Å². The third-order valence-electron chi connectivity index (χ3n) is 4.83. The Morgan fingerprint density at radius 3 is 2.67 bits per heavy atom. The number of nitrogens with zero attached hydrogens (tertiary/aromatic N) is 3. The number of piperazine rings is 1. The van der Waals surface area contributed by atoms with E-state index in [4.69, 9.17) is 16.3 Å². The quantitative estimate of drug-likeness (QED) is 0.869. The average molecular weight is 354 g/mol. The Bertz CT molecular complexity index is 509. The van der Waals surface area contributed by atoms with Crippen molar-refractivity contribution in [3.63, 3.8) is 0 Å². The summed E-state index contributed by atoms with van der Waals surface area (Å²) in [6, 6.07) is 8.12. The van der Waals surface area contributed by atoms with E-state index in [1.807, 2.05) is 18.2 Å². The molecule has 0 bridgehead atoms. The van der Waals surface area contributed by atoms with Crippen LogP contribution in [0.2, 0.25) is 5.02 Å². The minimum Gasteiger partial charge on any atom is -0.389 e. The molecule has 1 aromatic carbocycles. The van der Waals surface area contributed by atoms with Gasteiger partial charge in [0.05, 0.1) is 19.3 Å². The second-order valence-corrected chi connectivity index (χ2v) is 7.13. The molecule has 0 aliphatic carbocycles. The molecule has 1 unspecified atom stereocenters. The van der Waals surface area contributed by atoms with Crippen LogP contribution < -0.4 is 4.90 Å². The maximum Gasteiger partial charge on any atom is 0.0900 e. The predicted molar refractivity (Wildman–Crippen MR) is 98.0 cm³/mol. The minimum atomic E-state index is -0.339. The fourth-order valence-corrected chi connectivity index (χ4v) is 3.66. The predicted octanol–water partition coefficient (Wildman–Crippen LogP) is 1.55. The standard InChI is InChI=1S/C18H28ClN3O2/c19-16-3-1-4-17(13-16)22-9-7-20(8-10-22)5-2-6-21-11-12-24-15-18(23)14-21/h1,3-4,13,18,23H,2,5-12,14-15H2. The Balaban J connectivity index is 1.36. The van der Waals surface area contributed by atoms with Gasteiger partial charge in [-0.25, -0.2) is 0 Å². The topological polar surface area (TPSA) is 39.2 Å². The first kappa shape index (κ1) is 18.0. The normalized spacial score (nSPS) is 24.1. The van der Waals surface area contributed by atoms with Crippen molar-refractivity contribution in [3.05, 3.63) is 29.3 Å². The zero-order chi connectivity index (χ0) is 16.8. The largest absolute Gasteiger partial charge is 0.389 e. The average Bonchev–Trinajstić information content (AvgIpc) is 2.79. The molecule has 1 atom stereocenters. The summed E-state index contributed by atoms with van der Waals surface area (Å²) in [6.07, 6.45) is 0.804. The molecule has 2 aliphatic heterocycles. The Morgan fingerprint density at radius 1 is 1.08 bits per heavy atom. The highest BCUT2D eigenvalue weighted by molar-refractivity contribution is 6.30. The van der Waals surface area contributed by atoms with E-state index < -0.39 is 0 Å². The lowest BCUT2D eigenvalue weighted by atomic mass is 10.2. The number of hydrogen-bond acceptors (Lipinski definition) is 5.